The number of aromatic amines is 1. The van der Waals surface area contributed by atoms with Gasteiger partial charge in [-0.05, 0) is 42.8 Å². The molecule has 3 rings (SSSR count). The highest BCUT2D eigenvalue weighted by molar-refractivity contribution is 6.42. The van der Waals surface area contributed by atoms with E-state index in [1.807, 2.05) is 18.2 Å². The molecule has 0 spiro atoms. The maximum Gasteiger partial charge on any atom is 0.232 e. The summed E-state index contributed by atoms with van der Waals surface area (Å²) in [6, 6.07) is 10.8. The van der Waals surface area contributed by atoms with Crippen molar-refractivity contribution >= 4 is 45.7 Å². The van der Waals surface area contributed by atoms with Gasteiger partial charge < -0.3 is 11.1 Å². The number of aromatic nitrogens is 2. The van der Waals surface area contributed by atoms with E-state index in [2.05, 4.69) is 15.5 Å². The number of nitrogens with zero attached hydrogens (tertiary/aromatic N) is 1. The average Bonchev–Trinajstić information content (AvgIpc) is 3.03. The standard InChI is InChI=1S/C17H16Cl2N4O/c18-14-3-1-2-12(16(14)19)13(6-7-20)17(24)22-11-4-5-15-10(8-11)9-21-23-15/h1-5,8-9,13H,6-7,20H2,(H,21,23)(H,22,24). The number of hydrogen-bond donors (Lipinski definition) is 3. The Morgan fingerprint density at radius 2 is 2.12 bits per heavy atom. The summed E-state index contributed by atoms with van der Waals surface area (Å²) in [6.45, 7) is 0.363. The van der Waals surface area contributed by atoms with E-state index in [0.29, 0.717) is 34.3 Å². The molecule has 1 unspecified atom stereocenters. The van der Waals surface area contributed by atoms with Crippen molar-refractivity contribution in [1.82, 2.24) is 10.2 Å². The summed E-state index contributed by atoms with van der Waals surface area (Å²) in [4.78, 5) is 12.7. The summed E-state index contributed by atoms with van der Waals surface area (Å²) >= 11 is 12.3. The highest BCUT2D eigenvalue weighted by Crippen LogP contribution is 2.33. The SMILES string of the molecule is NCCC(C(=O)Nc1ccc2[nH]ncc2c1)c1cccc(Cl)c1Cl. The van der Waals surface area contributed by atoms with Crippen LogP contribution in [0.3, 0.4) is 0 Å². The van der Waals surface area contributed by atoms with E-state index in [9.17, 15) is 4.79 Å². The number of carbonyl (C=O) groups excluding carboxylic acids is 1. The lowest BCUT2D eigenvalue weighted by atomic mass is 9.94. The van der Waals surface area contributed by atoms with Gasteiger partial charge in [0.15, 0.2) is 0 Å². The van der Waals surface area contributed by atoms with E-state index < -0.39 is 5.92 Å². The molecular formula is C17H16Cl2N4O. The number of nitrogens with two attached hydrogens (primary N) is 1. The monoisotopic (exact) mass is 362 g/mol. The van der Waals surface area contributed by atoms with Crippen LogP contribution in [0.1, 0.15) is 17.9 Å². The summed E-state index contributed by atoms with van der Waals surface area (Å²) in [5.74, 6) is -0.645. The maximum absolute atomic E-state index is 12.7. The largest absolute Gasteiger partial charge is 0.330 e. The van der Waals surface area contributed by atoms with Crippen molar-refractivity contribution in [2.45, 2.75) is 12.3 Å². The zero-order valence-corrected chi connectivity index (χ0v) is 14.2. The lowest BCUT2D eigenvalue weighted by Gasteiger charge is -2.18. The molecule has 1 heterocycles. The molecule has 1 aromatic heterocycles. The van der Waals surface area contributed by atoms with Crippen molar-refractivity contribution in [3.8, 4) is 0 Å². The Kier molecular flexibility index (Phi) is 5.04. The first-order chi connectivity index (χ1) is 11.6. The van der Waals surface area contributed by atoms with Gasteiger partial charge in [-0.2, -0.15) is 5.10 Å². The van der Waals surface area contributed by atoms with Crippen molar-refractivity contribution in [3.63, 3.8) is 0 Å². The number of benzene rings is 2. The van der Waals surface area contributed by atoms with E-state index in [1.165, 1.54) is 0 Å². The van der Waals surface area contributed by atoms with Crippen molar-refractivity contribution < 1.29 is 4.79 Å². The van der Waals surface area contributed by atoms with E-state index in [1.54, 1.807) is 24.4 Å². The van der Waals surface area contributed by atoms with Gasteiger partial charge in [0, 0.05) is 11.1 Å². The number of hydrogen-bond acceptors (Lipinski definition) is 3. The number of halogens is 2. The van der Waals surface area contributed by atoms with Crippen LogP contribution >= 0.6 is 23.2 Å². The van der Waals surface area contributed by atoms with Crippen LogP contribution in [0.2, 0.25) is 10.0 Å². The molecule has 0 saturated heterocycles. The molecule has 124 valence electrons. The molecule has 7 heteroatoms. The van der Waals surface area contributed by atoms with E-state index >= 15 is 0 Å². The molecule has 0 aliphatic heterocycles. The van der Waals surface area contributed by atoms with Crippen molar-refractivity contribution in [3.05, 3.63) is 58.2 Å². The number of fused-ring (bicyclic) bond motifs is 1. The zero-order valence-electron chi connectivity index (χ0n) is 12.7. The quantitative estimate of drug-likeness (QED) is 0.642. The van der Waals surface area contributed by atoms with Crippen LogP contribution in [0.15, 0.2) is 42.6 Å². The first-order valence-electron chi connectivity index (χ1n) is 7.48. The first-order valence-corrected chi connectivity index (χ1v) is 8.23. The molecular weight excluding hydrogens is 347 g/mol. The Labute approximate surface area is 149 Å². The zero-order chi connectivity index (χ0) is 17.1. The van der Waals surface area contributed by atoms with E-state index in [4.69, 9.17) is 28.9 Å². The summed E-state index contributed by atoms with van der Waals surface area (Å²) in [5, 5.41) is 11.5. The number of carbonyl (C=O) groups is 1. The molecule has 4 N–H and O–H groups in total. The van der Waals surface area contributed by atoms with Gasteiger partial charge in [-0.15, -0.1) is 0 Å². The molecule has 0 saturated carbocycles. The minimum absolute atomic E-state index is 0.174. The van der Waals surface area contributed by atoms with Crippen LogP contribution in [-0.2, 0) is 4.79 Å². The Morgan fingerprint density at radius 1 is 1.29 bits per heavy atom. The Bertz CT molecular complexity index is 878. The minimum atomic E-state index is -0.471. The molecule has 1 amide bonds. The molecule has 0 fully saturated rings. The summed E-state index contributed by atoms with van der Waals surface area (Å²) < 4.78 is 0. The van der Waals surface area contributed by atoms with Crippen LogP contribution < -0.4 is 11.1 Å². The average molecular weight is 363 g/mol. The van der Waals surface area contributed by atoms with Crippen molar-refractivity contribution in [1.29, 1.82) is 0 Å². The highest BCUT2D eigenvalue weighted by atomic mass is 35.5. The molecule has 1 atom stereocenters. The number of nitrogens with one attached hydrogen (secondary N) is 2. The molecule has 0 radical (unpaired) electrons. The summed E-state index contributed by atoms with van der Waals surface area (Å²) in [5.41, 5.74) is 7.95. The van der Waals surface area contributed by atoms with Crippen LogP contribution in [0.4, 0.5) is 5.69 Å². The first kappa shape index (κ1) is 16.8. The molecule has 3 aromatic rings. The lowest BCUT2D eigenvalue weighted by molar-refractivity contribution is -0.117. The second kappa shape index (κ2) is 7.21. The van der Waals surface area contributed by atoms with Gasteiger partial charge >= 0.3 is 0 Å². The van der Waals surface area contributed by atoms with Gasteiger partial charge in [0.2, 0.25) is 5.91 Å². The topological polar surface area (TPSA) is 83.8 Å². The number of amides is 1. The van der Waals surface area contributed by atoms with E-state index in [-0.39, 0.29) is 5.91 Å². The smallest absolute Gasteiger partial charge is 0.232 e. The second-order valence-electron chi connectivity index (χ2n) is 5.43. The Balaban J connectivity index is 1.87. The third-order valence-electron chi connectivity index (χ3n) is 3.84. The minimum Gasteiger partial charge on any atom is -0.330 e. The van der Waals surface area contributed by atoms with Gasteiger partial charge in [0.1, 0.15) is 0 Å². The fourth-order valence-electron chi connectivity index (χ4n) is 2.63. The van der Waals surface area contributed by atoms with Gasteiger partial charge in [-0.1, -0.05) is 35.3 Å². The van der Waals surface area contributed by atoms with E-state index in [0.717, 1.165) is 10.9 Å². The molecule has 2 aromatic carbocycles. The Hall–Kier alpha value is -2.08. The highest BCUT2D eigenvalue weighted by Gasteiger charge is 2.23. The maximum atomic E-state index is 12.7. The molecule has 24 heavy (non-hydrogen) atoms. The molecule has 0 bridgehead atoms. The fraction of sp³-hybridized carbons (Fsp3) is 0.176. The Morgan fingerprint density at radius 3 is 2.92 bits per heavy atom. The van der Waals surface area contributed by atoms with Crippen LogP contribution in [0.5, 0.6) is 0 Å². The predicted octanol–water partition coefficient (Wildman–Crippen LogP) is 3.94. The van der Waals surface area contributed by atoms with Crippen LogP contribution in [0.25, 0.3) is 10.9 Å². The summed E-state index contributed by atoms with van der Waals surface area (Å²) in [7, 11) is 0. The number of anilines is 1. The fourth-order valence-corrected chi connectivity index (χ4v) is 3.07. The lowest BCUT2D eigenvalue weighted by Crippen LogP contribution is -2.23. The van der Waals surface area contributed by atoms with Gasteiger partial charge in [-0.25, -0.2) is 0 Å². The van der Waals surface area contributed by atoms with Crippen molar-refractivity contribution in [2.75, 3.05) is 11.9 Å². The molecule has 5 nitrogen and oxygen atoms in total. The normalized spacial score (nSPS) is 12.3. The predicted molar refractivity (Wildman–Crippen MR) is 97.6 cm³/mol. The van der Waals surface area contributed by atoms with Gasteiger partial charge in [0.25, 0.3) is 0 Å². The third-order valence-corrected chi connectivity index (χ3v) is 4.67. The van der Waals surface area contributed by atoms with Gasteiger partial charge in [0.05, 0.1) is 27.7 Å². The van der Waals surface area contributed by atoms with Crippen LogP contribution in [0, 0.1) is 0 Å². The van der Waals surface area contributed by atoms with Crippen LogP contribution in [-0.4, -0.2) is 22.6 Å². The number of rotatable bonds is 5. The second-order valence-corrected chi connectivity index (χ2v) is 6.22. The molecule has 0 aliphatic rings. The molecule has 0 aliphatic carbocycles. The third kappa shape index (κ3) is 3.38. The van der Waals surface area contributed by atoms with Gasteiger partial charge in [-0.3, -0.25) is 9.89 Å². The summed E-state index contributed by atoms with van der Waals surface area (Å²) in [6.07, 6.45) is 2.18. The van der Waals surface area contributed by atoms with Crippen molar-refractivity contribution in [2.24, 2.45) is 5.73 Å². The number of H-pyrrole nitrogens is 1.